The standard InChI is InChI=1S/C19H22ClN3O4/c1-5-8-21-17(24)13-7-6-12(20)9-14(13)23-18(25)16-10(2)15(11(3)22-16)19(26)27-4/h6-7,9,22H,5,8H2,1-4H3,(H,21,24)(H,23,25). The maximum absolute atomic E-state index is 12.7. The van der Waals surface area contributed by atoms with Crippen molar-refractivity contribution in [1.82, 2.24) is 10.3 Å². The van der Waals surface area contributed by atoms with E-state index in [0.717, 1.165) is 6.42 Å². The zero-order chi connectivity index (χ0) is 20.1. The van der Waals surface area contributed by atoms with E-state index in [4.69, 9.17) is 16.3 Å². The molecule has 7 nitrogen and oxygen atoms in total. The first-order valence-corrected chi connectivity index (χ1v) is 8.84. The Balaban J connectivity index is 2.35. The van der Waals surface area contributed by atoms with Crippen molar-refractivity contribution in [3.63, 3.8) is 0 Å². The van der Waals surface area contributed by atoms with Crippen LogP contribution in [0.2, 0.25) is 5.02 Å². The number of aromatic amines is 1. The maximum atomic E-state index is 12.7. The second-order valence-electron chi connectivity index (χ2n) is 6.02. The molecule has 0 unspecified atom stereocenters. The van der Waals surface area contributed by atoms with E-state index >= 15 is 0 Å². The molecule has 0 bridgehead atoms. The molecule has 0 aliphatic heterocycles. The third-order valence-electron chi connectivity index (χ3n) is 4.06. The van der Waals surface area contributed by atoms with Crippen molar-refractivity contribution >= 4 is 35.1 Å². The van der Waals surface area contributed by atoms with Gasteiger partial charge in [0.1, 0.15) is 5.69 Å². The van der Waals surface area contributed by atoms with Gasteiger partial charge in [0.2, 0.25) is 0 Å². The van der Waals surface area contributed by atoms with E-state index in [1.807, 2.05) is 6.92 Å². The minimum atomic E-state index is -0.525. The Bertz CT molecular complexity index is 889. The number of rotatable bonds is 6. The molecule has 27 heavy (non-hydrogen) atoms. The number of carbonyl (C=O) groups excluding carboxylic acids is 3. The minimum Gasteiger partial charge on any atom is -0.465 e. The molecule has 2 amide bonds. The molecule has 0 fully saturated rings. The molecular weight excluding hydrogens is 370 g/mol. The van der Waals surface area contributed by atoms with E-state index < -0.39 is 11.9 Å². The lowest BCUT2D eigenvalue weighted by Crippen LogP contribution is -2.26. The smallest absolute Gasteiger partial charge is 0.339 e. The number of halogens is 1. The number of methoxy groups -OCH3 is 1. The highest BCUT2D eigenvalue weighted by atomic mass is 35.5. The number of aromatic nitrogens is 1. The second kappa shape index (κ2) is 8.73. The van der Waals surface area contributed by atoms with Crippen molar-refractivity contribution in [3.05, 3.63) is 51.3 Å². The Morgan fingerprint density at radius 2 is 1.89 bits per heavy atom. The quantitative estimate of drug-likeness (QED) is 0.656. The molecular formula is C19H22ClN3O4. The average Bonchev–Trinajstić information content (AvgIpc) is 2.93. The minimum absolute atomic E-state index is 0.216. The molecule has 0 spiro atoms. The predicted octanol–water partition coefficient (Wildman–Crippen LogP) is 3.46. The third kappa shape index (κ3) is 4.49. The van der Waals surface area contributed by atoms with Crippen LogP contribution >= 0.6 is 11.6 Å². The molecule has 1 aromatic heterocycles. The van der Waals surface area contributed by atoms with Gasteiger partial charge in [-0.2, -0.15) is 0 Å². The number of nitrogens with one attached hydrogen (secondary N) is 3. The molecule has 144 valence electrons. The van der Waals surface area contributed by atoms with Crippen molar-refractivity contribution in [2.24, 2.45) is 0 Å². The zero-order valence-corrected chi connectivity index (χ0v) is 16.4. The first-order valence-electron chi connectivity index (χ1n) is 8.46. The Morgan fingerprint density at radius 3 is 2.52 bits per heavy atom. The van der Waals surface area contributed by atoms with Crippen molar-refractivity contribution < 1.29 is 19.1 Å². The zero-order valence-electron chi connectivity index (χ0n) is 15.7. The lowest BCUT2D eigenvalue weighted by molar-refractivity contribution is 0.0599. The molecule has 2 rings (SSSR count). The monoisotopic (exact) mass is 391 g/mol. The summed E-state index contributed by atoms with van der Waals surface area (Å²) in [7, 11) is 1.28. The topological polar surface area (TPSA) is 100 Å². The lowest BCUT2D eigenvalue weighted by Gasteiger charge is -2.12. The van der Waals surface area contributed by atoms with Gasteiger partial charge in [0, 0.05) is 17.3 Å². The Labute approximate surface area is 162 Å². The normalized spacial score (nSPS) is 10.4. The van der Waals surface area contributed by atoms with Crippen molar-refractivity contribution in [1.29, 1.82) is 0 Å². The van der Waals surface area contributed by atoms with Gasteiger partial charge in [-0.25, -0.2) is 4.79 Å². The van der Waals surface area contributed by atoms with Gasteiger partial charge in [-0.1, -0.05) is 18.5 Å². The van der Waals surface area contributed by atoms with Crippen LogP contribution in [0.15, 0.2) is 18.2 Å². The van der Waals surface area contributed by atoms with E-state index in [2.05, 4.69) is 15.6 Å². The molecule has 1 aromatic carbocycles. The summed E-state index contributed by atoms with van der Waals surface area (Å²) in [6, 6.07) is 4.64. The van der Waals surface area contributed by atoms with Crippen LogP contribution in [0, 0.1) is 13.8 Å². The van der Waals surface area contributed by atoms with Crippen molar-refractivity contribution in [2.45, 2.75) is 27.2 Å². The Morgan fingerprint density at radius 1 is 1.19 bits per heavy atom. The SMILES string of the molecule is CCCNC(=O)c1ccc(Cl)cc1NC(=O)c1[nH]c(C)c(C(=O)OC)c1C. The number of carbonyl (C=O) groups is 3. The van der Waals surface area contributed by atoms with Gasteiger partial charge in [0.15, 0.2) is 0 Å². The van der Waals surface area contributed by atoms with Gasteiger partial charge in [-0.05, 0) is 44.0 Å². The summed E-state index contributed by atoms with van der Waals surface area (Å²) < 4.78 is 4.75. The number of amides is 2. The number of aryl methyl sites for hydroxylation is 1. The first-order chi connectivity index (χ1) is 12.8. The number of esters is 1. The molecule has 0 aliphatic carbocycles. The molecule has 0 radical (unpaired) electrons. The van der Waals surface area contributed by atoms with E-state index in [1.165, 1.54) is 13.2 Å². The summed E-state index contributed by atoms with van der Waals surface area (Å²) in [5.74, 6) is -1.32. The fourth-order valence-corrected chi connectivity index (χ4v) is 2.89. The number of hydrogen-bond acceptors (Lipinski definition) is 4. The maximum Gasteiger partial charge on any atom is 0.339 e. The molecule has 2 aromatic rings. The largest absolute Gasteiger partial charge is 0.465 e. The van der Waals surface area contributed by atoms with Gasteiger partial charge >= 0.3 is 5.97 Å². The molecule has 0 saturated heterocycles. The van der Waals surface area contributed by atoms with Crippen LogP contribution < -0.4 is 10.6 Å². The van der Waals surface area contributed by atoms with Gasteiger partial charge in [-0.15, -0.1) is 0 Å². The summed E-state index contributed by atoms with van der Waals surface area (Å²) in [4.78, 5) is 39.9. The number of anilines is 1. The second-order valence-corrected chi connectivity index (χ2v) is 6.45. The van der Waals surface area contributed by atoms with E-state index in [1.54, 1.807) is 26.0 Å². The Hall–Kier alpha value is -2.80. The predicted molar refractivity (Wildman–Crippen MR) is 104 cm³/mol. The summed E-state index contributed by atoms with van der Waals surface area (Å²) >= 11 is 6.02. The van der Waals surface area contributed by atoms with Crippen molar-refractivity contribution in [2.75, 3.05) is 19.0 Å². The van der Waals surface area contributed by atoms with Crippen LogP contribution in [0.3, 0.4) is 0 Å². The Kier molecular flexibility index (Phi) is 6.63. The summed E-state index contributed by atoms with van der Waals surface area (Å²) in [6.45, 7) is 5.79. The van der Waals surface area contributed by atoms with Gasteiger partial charge in [-0.3, -0.25) is 9.59 Å². The molecule has 8 heteroatoms. The molecule has 0 atom stereocenters. The average molecular weight is 392 g/mol. The number of hydrogen-bond donors (Lipinski definition) is 3. The highest BCUT2D eigenvalue weighted by molar-refractivity contribution is 6.31. The van der Waals surface area contributed by atoms with Gasteiger partial charge < -0.3 is 20.4 Å². The summed E-state index contributed by atoms with van der Waals surface area (Å²) in [5.41, 5.74) is 2.11. The van der Waals surface area contributed by atoms with Gasteiger partial charge in [0.25, 0.3) is 11.8 Å². The molecule has 1 heterocycles. The van der Waals surface area contributed by atoms with Crippen LogP contribution in [0.25, 0.3) is 0 Å². The number of H-pyrrole nitrogens is 1. The van der Waals surface area contributed by atoms with Crippen LogP contribution in [-0.2, 0) is 4.74 Å². The summed E-state index contributed by atoms with van der Waals surface area (Å²) in [6.07, 6.45) is 0.790. The highest BCUT2D eigenvalue weighted by Gasteiger charge is 2.23. The number of benzene rings is 1. The van der Waals surface area contributed by atoms with E-state index in [9.17, 15) is 14.4 Å². The third-order valence-corrected chi connectivity index (χ3v) is 4.30. The fraction of sp³-hybridized carbons (Fsp3) is 0.316. The van der Waals surface area contributed by atoms with Gasteiger partial charge in [0.05, 0.1) is 23.9 Å². The fourth-order valence-electron chi connectivity index (χ4n) is 2.72. The van der Waals surface area contributed by atoms with Crippen molar-refractivity contribution in [3.8, 4) is 0 Å². The van der Waals surface area contributed by atoms with Crippen LogP contribution in [0.5, 0.6) is 0 Å². The lowest BCUT2D eigenvalue weighted by atomic mass is 10.1. The molecule has 3 N–H and O–H groups in total. The van der Waals surface area contributed by atoms with Crippen LogP contribution in [0.1, 0.15) is 55.8 Å². The van der Waals surface area contributed by atoms with E-state index in [0.29, 0.717) is 34.0 Å². The summed E-state index contributed by atoms with van der Waals surface area (Å²) in [5, 5.41) is 5.84. The highest BCUT2D eigenvalue weighted by Crippen LogP contribution is 2.24. The molecule has 0 saturated carbocycles. The van der Waals surface area contributed by atoms with Crippen LogP contribution in [-0.4, -0.2) is 36.4 Å². The van der Waals surface area contributed by atoms with E-state index in [-0.39, 0.29) is 17.3 Å². The molecule has 0 aliphatic rings. The van der Waals surface area contributed by atoms with Crippen LogP contribution in [0.4, 0.5) is 5.69 Å². The number of ether oxygens (including phenoxy) is 1. The first kappa shape index (κ1) is 20.5.